The largest absolute Gasteiger partial charge is 0.357 e. The van der Waals surface area contributed by atoms with Crippen molar-refractivity contribution in [3.63, 3.8) is 0 Å². The zero-order chi connectivity index (χ0) is 22.1. The molecule has 0 heterocycles. The van der Waals surface area contributed by atoms with Gasteiger partial charge in [0, 0.05) is 25.3 Å². The lowest BCUT2D eigenvalue weighted by molar-refractivity contribution is 0.488. The molecule has 0 aliphatic heterocycles. The Balaban J connectivity index is 0.00000480. The molecule has 2 aromatic rings. The Hall–Kier alpha value is -1.68. The average Bonchev–Trinajstić information content (AvgIpc) is 2.67. The number of rotatable bonds is 9. The summed E-state index contributed by atoms with van der Waals surface area (Å²) in [5.41, 5.74) is 2.40. The monoisotopic (exact) mass is 561 g/mol. The maximum absolute atomic E-state index is 13.8. The number of nitrogens with zero attached hydrogens (tertiary/aromatic N) is 1. The van der Waals surface area contributed by atoms with E-state index in [-0.39, 0.29) is 36.3 Å². The molecule has 5 nitrogen and oxygen atoms in total. The van der Waals surface area contributed by atoms with Crippen molar-refractivity contribution in [3.05, 3.63) is 71.0 Å². The fourth-order valence-corrected chi connectivity index (χ4v) is 4.16. The molecule has 0 saturated carbocycles. The highest BCUT2D eigenvalue weighted by atomic mass is 127. The van der Waals surface area contributed by atoms with Gasteiger partial charge < -0.3 is 10.6 Å². The van der Waals surface area contributed by atoms with E-state index in [4.69, 9.17) is 0 Å². The molecule has 172 valence electrons. The predicted molar refractivity (Wildman–Crippen MR) is 137 cm³/mol. The van der Waals surface area contributed by atoms with Crippen LogP contribution in [0.4, 0.5) is 4.39 Å². The molecule has 1 atom stereocenters. The van der Waals surface area contributed by atoms with Crippen molar-refractivity contribution in [3.8, 4) is 0 Å². The maximum atomic E-state index is 13.8. The molecule has 2 N–H and O–H groups in total. The first-order chi connectivity index (χ1) is 14.2. The Morgan fingerprint density at radius 1 is 1.06 bits per heavy atom. The number of sulfone groups is 1. The molecule has 0 fully saturated rings. The van der Waals surface area contributed by atoms with Gasteiger partial charge in [-0.25, -0.2) is 17.8 Å². The highest BCUT2D eigenvalue weighted by Crippen LogP contribution is 2.23. The maximum Gasteiger partial charge on any atom is 0.191 e. The van der Waals surface area contributed by atoms with Gasteiger partial charge in [-0.2, -0.15) is 0 Å². The van der Waals surface area contributed by atoms with E-state index >= 15 is 0 Å². The summed E-state index contributed by atoms with van der Waals surface area (Å²) in [4.78, 5) is 4.57. The second-order valence-corrected chi connectivity index (χ2v) is 9.96. The van der Waals surface area contributed by atoms with Crippen molar-refractivity contribution in [1.29, 1.82) is 0 Å². The summed E-state index contributed by atoms with van der Waals surface area (Å²) in [6.07, 6.45) is 1.17. The molecule has 2 rings (SSSR count). The Bertz CT molecular complexity index is 951. The molecule has 31 heavy (non-hydrogen) atoms. The smallest absolute Gasteiger partial charge is 0.191 e. The lowest BCUT2D eigenvalue weighted by atomic mass is 9.88. The molecular weight excluding hydrogens is 528 g/mol. The summed E-state index contributed by atoms with van der Waals surface area (Å²) >= 11 is 0. The standard InChI is InChI=1S/C23H32FN3O2S.HI/c1-5-25-23(27-15-22(17(2)3)18-9-7-6-8-10-18)26-14-20-13-21(24)12-11-19(20)16-30(4,28)29;/h6-13,17,22H,5,14-16H2,1-4H3,(H2,25,26,27);1H. The highest BCUT2D eigenvalue weighted by molar-refractivity contribution is 14.0. The molecule has 0 aliphatic carbocycles. The van der Waals surface area contributed by atoms with Crippen molar-refractivity contribution in [2.24, 2.45) is 10.9 Å². The van der Waals surface area contributed by atoms with Crippen LogP contribution in [0.15, 0.2) is 53.5 Å². The van der Waals surface area contributed by atoms with E-state index in [1.807, 2.05) is 25.1 Å². The van der Waals surface area contributed by atoms with Crippen LogP contribution in [0.5, 0.6) is 0 Å². The van der Waals surface area contributed by atoms with Crippen molar-refractivity contribution in [1.82, 2.24) is 10.6 Å². The molecule has 0 aromatic heterocycles. The van der Waals surface area contributed by atoms with Crippen LogP contribution in [0, 0.1) is 11.7 Å². The number of nitrogens with one attached hydrogen (secondary N) is 2. The van der Waals surface area contributed by atoms with Gasteiger partial charge in [0.1, 0.15) is 5.82 Å². The Kier molecular flexibility index (Phi) is 11.5. The van der Waals surface area contributed by atoms with Crippen molar-refractivity contribution in [2.75, 3.05) is 19.3 Å². The van der Waals surface area contributed by atoms with E-state index in [2.05, 4.69) is 41.6 Å². The first kappa shape index (κ1) is 27.4. The molecule has 0 saturated heterocycles. The molecule has 0 radical (unpaired) electrons. The van der Waals surface area contributed by atoms with E-state index in [1.165, 1.54) is 30.0 Å². The summed E-state index contributed by atoms with van der Waals surface area (Å²) in [6, 6.07) is 14.5. The first-order valence-corrected chi connectivity index (χ1v) is 12.3. The molecule has 0 aliphatic rings. The van der Waals surface area contributed by atoms with Gasteiger partial charge in [-0.3, -0.25) is 0 Å². The minimum Gasteiger partial charge on any atom is -0.357 e. The number of halogens is 2. The Labute approximate surface area is 202 Å². The topological polar surface area (TPSA) is 70.6 Å². The van der Waals surface area contributed by atoms with Crippen LogP contribution in [-0.2, 0) is 22.1 Å². The quantitative estimate of drug-likeness (QED) is 0.269. The molecule has 2 aromatic carbocycles. The number of hydrogen-bond donors (Lipinski definition) is 2. The van der Waals surface area contributed by atoms with Gasteiger partial charge in [-0.15, -0.1) is 24.0 Å². The summed E-state index contributed by atoms with van der Waals surface area (Å²) in [5.74, 6) is 0.830. The third-order valence-corrected chi connectivity index (χ3v) is 5.70. The molecule has 0 amide bonds. The van der Waals surface area contributed by atoms with Crippen LogP contribution < -0.4 is 10.6 Å². The zero-order valence-electron chi connectivity index (χ0n) is 18.6. The average molecular weight is 562 g/mol. The Morgan fingerprint density at radius 2 is 1.74 bits per heavy atom. The minimum atomic E-state index is -3.23. The van der Waals surface area contributed by atoms with Crippen LogP contribution in [-0.4, -0.2) is 33.7 Å². The minimum absolute atomic E-state index is 0. The first-order valence-electron chi connectivity index (χ1n) is 10.2. The van der Waals surface area contributed by atoms with E-state index in [0.29, 0.717) is 42.0 Å². The van der Waals surface area contributed by atoms with Gasteiger partial charge in [-0.1, -0.05) is 50.2 Å². The van der Waals surface area contributed by atoms with Gasteiger partial charge in [0.2, 0.25) is 0 Å². The van der Waals surface area contributed by atoms with Gasteiger partial charge in [-0.05, 0) is 41.7 Å². The highest BCUT2D eigenvalue weighted by Gasteiger charge is 2.16. The zero-order valence-corrected chi connectivity index (χ0v) is 21.7. The van der Waals surface area contributed by atoms with E-state index in [1.54, 1.807) is 0 Å². The van der Waals surface area contributed by atoms with E-state index < -0.39 is 15.7 Å². The third-order valence-electron chi connectivity index (χ3n) is 4.86. The van der Waals surface area contributed by atoms with Gasteiger partial charge in [0.15, 0.2) is 15.8 Å². The summed E-state index contributed by atoms with van der Waals surface area (Å²) in [7, 11) is -3.23. The van der Waals surface area contributed by atoms with Crippen LogP contribution in [0.3, 0.4) is 0 Å². The second-order valence-electron chi connectivity index (χ2n) is 7.82. The summed E-state index contributed by atoms with van der Waals surface area (Å²) in [6.45, 7) is 7.93. The lowest BCUT2D eigenvalue weighted by Crippen LogP contribution is -2.40. The summed E-state index contributed by atoms with van der Waals surface area (Å²) < 4.78 is 37.2. The second kappa shape index (κ2) is 13.0. The fourth-order valence-electron chi connectivity index (χ4n) is 3.32. The SMILES string of the molecule is CCNC(=NCc1cc(F)ccc1CS(C)(=O)=O)NCC(c1ccccc1)C(C)C.I. The molecule has 8 heteroatoms. The van der Waals surface area contributed by atoms with Gasteiger partial charge in [0.05, 0.1) is 12.3 Å². The number of guanidine groups is 1. The third kappa shape index (κ3) is 9.55. The van der Waals surface area contributed by atoms with Crippen molar-refractivity contribution < 1.29 is 12.8 Å². The van der Waals surface area contributed by atoms with Gasteiger partial charge >= 0.3 is 0 Å². The summed E-state index contributed by atoms with van der Waals surface area (Å²) in [5, 5.41) is 6.59. The molecular formula is C23H33FIN3O2S. The normalized spacial score (nSPS) is 12.9. The van der Waals surface area contributed by atoms with Crippen LogP contribution in [0.2, 0.25) is 0 Å². The van der Waals surface area contributed by atoms with E-state index in [9.17, 15) is 12.8 Å². The lowest BCUT2D eigenvalue weighted by Gasteiger charge is -2.23. The van der Waals surface area contributed by atoms with Crippen molar-refractivity contribution >= 4 is 39.8 Å². The molecule has 1 unspecified atom stereocenters. The molecule has 0 bridgehead atoms. The molecule has 0 spiro atoms. The van der Waals surface area contributed by atoms with Gasteiger partial charge in [0.25, 0.3) is 0 Å². The number of benzene rings is 2. The van der Waals surface area contributed by atoms with Crippen LogP contribution in [0.1, 0.15) is 43.4 Å². The number of hydrogen-bond acceptors (Lipinski definition) is 3. The fraction of sp³-hybridized carbons (Fsp3) is 0.435. The Morgan fingerprint density at radius 3 is 2.32 bits per heavy atom. The van der Waals surface area contributed by atoms with Crippen molar-refractivity contribution in [2.45, 2.75) is 39.0 Å². The predicted octanol–water partition coefficient (Wildman–Crippen LogP) is 4.48. The van der Waals surface area contributed by atoms with Crippen LogP contribution >= 0.6 is 24.0 Å². The van der Waals surface area contributed by atoms with Crippen LogP contribution in [0.25, 0.3) is 0 Å². The van der Waals surface area contributed by atoms with E-state index in [0.717, 1.165) is 0 Å². The number of aliphatic imine (C=N–C) groups is 1.